The van der Waals surface area contributed by atoms with Gasteiger partial charge in [-0.1, -0.05) is 200 Å². The summed E-state index contributed by atoms with van der Waals surface area (Å²) in [6, 6.07) is 85.8. The molecule has 0 aliphatic rings. The number of benzene rings is 10. The summed E-state index contributed by atoms with van der Waals surface area (Å²) in [6.07, 6.45) is 0. The molecule has 0 bridgehead atoms. The number of fused-ring (bicyclic) bond motifs is 3. The van der Waals surface area contributed by atoms with Crippen LogP contribution in [-0.2, 0) is 0 Å². The van der Waals surface area contributed by atoms with E-state index < -0.39 is 0 Å². The summed E-state index contributed by atoms with van der Waals surface area (Å²) in [5, 5.41) is 5.00. The van der Waals surface area contributed by atoms with Gasteiger partial charge in [0.1, 0.15) is 0 Å². The Labute approximate surface area is 334 Å². The number of anilines is 3. The first-order chi connectivity index (χ1) is 28.3. The minimum Gasteiger partial charge on any atom is -0.309 e. The molecule has 0 aromatic heterocycles. The highest BCUT2D eigenvalue weighted by Gasteiger charge is 2.23. The molecule has 0 unspecified atom stereocenters. The Hall–Kier alpha value is -7.48. The van der Waals surface area contributed by atoms with E-state index in [1.807, 2.05) is 0 Å². The Morgan fingerprint density at radius 1 is 0.228 bits per heavy atom. The summed E-state index contributed by atoms with van der Waals surface area (Å²) < 4.78 is 0. The van der Waals surface area contributed by atoms with Gasteiger partial charge in [0, 0.05) is 16.8 Å². The second-order valence-electron chi connectivity index (χ2n) is 14.5. The number of hydrogen-bond acceptors (Lipinski definition) is 1. The zero-order valence-corrected chi connectivity index (χ0v) is 31.5. The van der Waals surface area contributed by atoms with E-state index in [2.05, 4.69) is 241 Å². The average Bonchev–Trinajstić information content (AvgIpc) is 3.30. The largest absolute Gasteiger partial charge is 0.309 e. The molecule has 0 aliphatic heterocycles. The molecule has 0 heterocycles. The summed E-state index contributed by atoms with van der Waals surface area (Å²) in [7, 11) is 0. The predicted molar refractivity (Wildman–Crippen MR) is 243 cm³/mol. The Morgan fingerprint density at radius 2 is 0.702 bits per heavy atom. The zero-order valence-electron chi connectivity index (χ0n) is 31.5. The van der Waals surface area contributed by atoms with Crippen LogP contribution in [0.5, 0.6) is 0 Å². The molecular weight excluding hydrogens is 687 g/mol. The maximum Gasteiger partial charge on any atom is 0.0546 e. The highest BCUT2D eigenvalue weighted by molar-refractivity contribution is 6.14. The van der Waals surface area contributed by atoms with Gasteiger partial charge in [-0.2, -0.15) is 0 Å². The Morgan fingerprint density at radius 3 is 1.35 bits per heavy atom. The molecule has 0 saturated carbocycles. The lowest BCUT2D eigenvalue weighted by molar-refractivity contribution is 1.28. The van der Waals surface area contributed by atoms with E-state index in [0.717, 1.165) is 39.3 Å². The van der Waals surface area contributed by atoms with Crippen LogP contribution in [0.25, 0.3) is 77.2 Å². The van der Waals surface area contributed by atoms with Crippen molar-refractivity contribution in [3.8, 4) is 55.6 Å². The van der Waals surface area contributed by atoms with Crippen molar-refractivity contribution in [1.82, 2.24) is 0 Å². The predicted octanol–water partition coefficient (Wildman–Crippen LogP) is 15.8. The molecular formula is C56H39N. The highest BCUT2D eigenvalue weighted by atomic mass is 15.1. The minimum absolute atomic E-state index is 1.08. The van der Waals surface area contributed by atoms with Gasteiger partial charge < -0.3 is 4.90 Å². The third-order valence-corrected chi connectivity index (χ3v) is 11.1. The van der Waals surface area contributed by atoms with E-state index in [0.29, 0.717) is 0 Å². The van der Waals surface area contributed by atoms with E-state index >= 15 is 0 Å². The van der Waals surface area contributed by atoms with Gasteiger partial charge in [0.05, 0.1) is 11.4 Å². The maximum absolute atomic E-state index is 2.47. The lowest BCUT2D eigenvalue weighted by Crippen LogP contribution is -2.13. The van der Waals surface area contributed by atoms with E-state index in [9.17, 15) is 0 Å². The molecule has 57 heavy (non-hydrogen) atoms. The minimum atomic E-state index is 1.08. The summed E-state index contributed by atoms with van der Waals surface area (Å²) in [4.78, 5) is 2.47. The van der Waals surface area contributed by atoms with Gasteiger partial charge >= 0.3 is 0 Å². The summed E-state index contributed by atoms with van der Waals surface area (Å²) in [5.74, 6) is 0. The molecule has 10 aromatic rings. The molecule has 1 heteroatoms. The van der Waals surface area contributed by atoms with Crippen molar-refractivity contribution in [1.29, 1.82) is 0 Å². The third kappa shape index (κ3) is 6.56. The smallest absolute Gasteiger partial charge is 0.0546 e. The van der Waals surface area contributed by atoms with Crippen molar-refractivity contribution in [2.45, 2.75) is 0 Å². The van der Waals surface area contributed by atoms with E-state index in [1.165, 1.54) is 54.9 Å². The van der Waals surface area contributed by atoms with Crippen molar-refractivity contribution >= 4 is 38.6 Å². The van der Waals surface area contributed by atoms with Crippen LogP contribution >= 0.6 is 0 Å². The number of hydrogen-bond donors (Lipinski definition) is 0. The second-order valence-corrected chi connectivity index (χ2v) is 14.5. The van der Waals surface area contributed by atoms with Crippen LogP contribution in [-0.4, -0.2) is 0 Å². The SMILES string of the molecule is c1ccc(-c2ccc(N(c3ccc(-c4ccccc4)cc3-c3ccccc3)c3cc(-c4cc5ccccc5c5ccccc45)ccc3-c3ccccc3)cc2)cc1. The monoisotopic (exact) mass is 725 g/mol. The normalized spacial score (nSPS) is 11.2. The first kappa shape index (κ1) is 34.0. The highest BCUT2D eigenvalue weighted by Crippen LogP contribution is 2.48. The molecule has 0 saturated heterocycles. The van der Waals surface area contributed by atoms with Crippen molar-refractivity contribution in [2.75, 3.05) is 4.90 Å². The van der Waals surface area contributed by atoms with Gasteiger partial charge in [-0.25, -0.2) is 0 Å². The van der Waals surface area contributed by atoms with Crippen LogP contribution in [0.2, 0.25) is 0 Å². The van der Waals surface area contributed by atoms with Gasteiger partial charge in [-0.3, -0.25) is 0 Å². The van der Waals surface area contributed by atoms with Crippen LogP contribution in [0.4, 0.5) is 17.1 Å². The first-order valence-electron chi connectivity index (χ1n) is 19.6. The van der Waals surface area contributed by atoms with E-state index in [1.54, 1.807) is 0 Å². The van der Waals surface area contributed by atoms with Gasteiger partial charge in [0.25, 0.3) is 0 Å². The van der Waals surface area contributed by atoms with Gasteiger partial charge in [-0.15, -0.1) is 0 Å². The summed E-state index contributed by atoms with van der Waals surface area (Å²) >= 11 is 0. The molecule has 10 aromatic carbocycles. The van der Waals surface area contributed by atoms with Crippen molar-refractivity contribution in [3.63, 3.8) is 0 Å². The van der Waals surface area contributed by atoms with Crippen LogP contribution in [0.1, 0.15) is 0 Å². The molecule has 1 nitrogen and oxygen atoms in total. The second kappa shape index (κ2) is 15.0. The zero-order chi connectivity index (χ0) is 38.0. The fourth-order valence-electron chi connectivity index (χ4n) is 8.27. The number of rotatable bonds is 8. The Balaban J connectivity index is 1.26. The quantitative estimate of drug-likeness (QED) is 0.141. The van der Waals surface area contributed by atoms with Gasteiger partial charge in [-0.05, 0) is 102 Å². The fourth-order valence-corrected chi connectivity index (χ4v) is 8.27. The third-order valence-electron chi connectivity index (χ3n) is 11.1. The summed E-state index contributed by atoms with van der Waals surface area (Å²) in [5.41, 5.74) is 15.1. The molecule has 268 valence electrons. The van der Waals surface area contributed by atoms with Crippen molar-refractivity contribution < 1.29 is 0 Å². The van der Waals surface area contributed by atoms with E-state index in [4.69, 9.17) is 0 Å². The molecule has 0 aliphatic carbocycles. The molecule has 0 fully saturated rings. The lowest BCUT2D eigenvalue weighted by Gasteiger charge is -2.31. The van der Waals surface area contributed by atoms with Crippen LogP contribution in [0, 0.1) is 0 Å². The summed E-state index contributed by atoms with van der Waals surface area (Å²) in [6.45, 7) is 0. The van der Waals surface area contributed by atoms with Crippen LogP contribution in [0.15, 0.2) is 237 Å². The Bertz CT molecular complexity index is 2970. The Kier molecular flexibility index (Phi) is 8.95. The first-order valence-corrected chi connectivity index (χ1v) is 19.6. The van der Waals surface area contributed by atoms with Crippen molar-refractivity contribution in [3.05, 3.63) is 237 Å². The van der Waals surface area contributed by atoms with Gasteiger partial charge in [0.2, 0.25) is 0 Å². The fraction of sp³-hybridized carbons (Fsp3) is 0. The van der Waals surface area contributed by atoms with Crippen molar-refractivity contribution in [2.24, 2.45) is 0 Å². The number of nitrogens with zero attached hydrogens (tertiary/aromatic N) is 1. The molecule has 0 N–H and O–H groups in total. The average molecular weight is 726 g/mol. The molecule has 0 radical (unpaired) electrons. The van der Waals surface area contributed by atoms with Crippen LogP contribution < -0.4 is 4.90 Å². The maximum atomic E-state index is 2.47. The molecule has 0 atom stereocenters. The lowest BCUT2D eigenvalue weighted by atomic mass is 9.91. The molecule has 0 spiro atoms. The standard InChI is InChI=1S/C56H39N/c1-5-17-40(18-6-1)42-29-33-48(34-30-42)57(55-36-32-45(41-19-7-2-8-20-41)37-54(55)44-23-11-4-12-24-44)56-39-47(31-35-50(56)43-21-9-3-10-22-43)53-38-46-25-13-14-26-49(46)51-27-15-16-28-52(51)53/h1-39H. The topological polar surface area (TPSA) is 3.24 Å². The van der Waals surface area contributed by atoms with E-state index in [-0.39, 0.29) is 0 Å². The molecule has 10 rings (SSSR count). The molecule has 0 amide bonds. The van der Waals surface area contributed by atoms with Gasteiger partial charge in [0.15, 0.2) is 0 Å². The van der Waals surface area contributed by atoms with Crippen LogP contribution in [0.3, 0.4) is 0 Å².